The molecule has 0 aliphatic heterocycles. The quantitative estimate of drug-likeness (QED) is 0.572. The van der Waals surface area contributed by atoms with Crippen molar-refractivity contribution in [3.63, 3.8) is 0 Å². The number of nitrogens with zero attached hydrogens (tertiary/aromatic N) is 3. The van der Waals surface area contributed by atoms with Gasteiger partial charge >= 0.3 is 6.03 Å². The van der Waals surface area contributed by atoms with E-state index in [1.54, 1.807) is 17.0 Å². The fraction of sp³-hybridized carbons (Fsp3) is 0.250. The predicted octanol–water partition coefficient (Wildman–Crippen LogP) is 5.53. The molecule has 0 atom stereocenters. The first-order chi connectivity index (χ1) is 13.3. The van der Waals surface area contributed by atoms with Gasteiger partial charge in [0.25, 0.3) is 0 Å². The Balaban J connectivity index is 1.76. The van der Waals surface area contributed by atoms with Crippen molar-refractivity contribution in [2.24, 2.45) is 0 Å². The number of aryl methyl sites for hydroxylation is 1. The van der Waals surface area contributed by atoms with Crippen LogP contribution in [0.15, 0.2) is 42.5 Å². The summed E-state index contributed by atoms with van der Waals surface area (Å²) in [5.41, 5.74) is 2.40. The van der Waals surface area contributed by atoms with E-state index in [2.05, 4.69) is 20.5 Å². The summed E-state index contributed by atoms with van der Waals surface area (Å²) in [5.74, 6) is 1.32. The molecule has 0 fully saturated rings. The van der Waals surface area contributed by atoms with Gasteiger partial charge in [0.1, 0.15) is 5.82 Å². The first-order valence-corrected chi connectivity index (χ1v) is 9.60. The highest BCUT2D eigenvalue weighted by atomic mass is 35.5. The third-order valence-electron chi connectivity index (χ3n) is 4.19. The lowest BCUT2D eigenvalue weighted by atomic mass is 10.2. The number of hydrogen-bond acceptors (Lipinski definition) is 3. The molecule has 0 spiro atoms. The average molecular weight is 418 g/mol. The number of halogens is 2. The van der Waals surface area contributed by atoms with Crippen molar-refractivity contribution in [2.75, 3.05) is 5.32 Å². The predicted molar refractivity (Wildman–Crippen MR) is 113 cm³/mol. The van der Waals surface area contributed by atoms with Crippen molar-refractivity contribution in [2.45, 2.75) is 33.4 Å². The maximum atomic E-state index is 12.9. The van der Waals surface area contributed by atoms with Crippen molar-refractivity contribution >= 4 is 34.9 Å². The summed E-state index contributed by atoms with van der Waals surface area (Å²) in [6.07, 6.45) is 0. The summed E-state index contributed by atoms with van der Waals surface area (Å²) in [4.78, 5) is 18.9. The number of urea groups is 1. The minimum atomic E-state index is -0.204. The van der Waals surface area contributed by atoms with E-state index in [0.29, 0.717) is 28.1 Å². The van der Waals surface area contributed by atoms with Crippen molar-refractivity contribution < 1.29 is 4.79 Å². The molecule has 3 rings (SSSR count). The third-order valence-corrected chi connectivity index (χ3v) is 4.93. The van der Waals surface area contributed by atoms with Gasteiger partial charge in [-0.2, -0.15) is 5.10 Å². The van der Waals surface area contributed by atoms with Crippen molar-refractivity contribution in [1.29, 1.82) is 0 Å². The second-order valence-corrected chi connectivity index (χ2v) is 7.54. The van der Waals surface area contributed by atoms with Crippen LogP contribution in [0.3, 0.4) is 0 Å². The lowest BCUT2D eigenvalue weighted by molar-refractivity contribution is 0.193. The number of rotatable bonds is 5. The first-order valence-electron chi connectivity index (χ1n) is 8.84. The Hall–Kier alpha value is -2.57. The molecule has 2 aromatic carbocycles. The zero-order valence-corrected chi connectivity index (χ0v) is 17.3. The molecule has 0 saturated carbocycles. The molecule has 1 heterocycles. The number of anilines is 1. The Morgan fingerprint density at radius 2 is 1.96 bits per heavy atom. The van der Waals surface area contributed by atoms with Crippen molar-refractivity contribution in [3.8, 4) is 11.4 Å². The fourth-order valence-corrected chi connectivity index (χ4v) is 3.05. The Morgan fingerprint density at radius 3 is 2.61 bits per heavy atom. The Bertz CT molecular complexity index is 986. The summed E-state index contributed by atoms with van der Waals surface area (Å²) in [7, 11) is 0. The monoisotopic (exact) mass is 417 g/mol. The Kier molecular flexibility index (Phi) is 6.21. The number of carbonyl (C=O) groups excluding carboxylic acids is 1. The number of benzene rings is 2. The normalized spacial score (nSPS) is 10.9. The van der Waals surface area contributed by atoms with Crippen LogP contribution in [0.4, 0.5) is 10.5 Å². The number of H-pyrrole nitrogens is 1. The van der Waals surface area contributed by atoms with E-state index < -0.39 is 0 Å². The highest BCUT2D eigenvalue weighted by Crippen LogP contribution is 2.24. The second-order valence-electron chi connectivity index (χ2n) is 6.73. The van der Waals surface area contributed by atoms with E-state index in [-0.39, 0.29) is 12.1 Å². The smallest absolute Gasteiger partial charge is 0.318 e. The van der Waals surface area contributed by atoms with Gasteiger partial charge in [0.15, 0.2) is 5.82 Å². The van der Waals surface area contributed by atoms with Gasteiger partial charge < -0.3 is 10.2 Å². The standard InChI is InChI=1S/C20H21Cl2N5O/c1-12(2)27(11-14-7-8-17(21)18(22)9-14)20(28)24-16-6-4-5-15(10-16)19-23-13(3)25-26-19/h4-10,12H,11H2,1-3H3,(H,24,28)(H,23,25,26). The number of aromatic amines is 1. The second kappa shape index (κ2) is 8.63. The molecular formula is C20H21Cl2N5O. The Labute approximate surface area is 173 Å². The topological polar surface area (TPSA) is 73.9 Å². The van der Waals surface area contributed by atoms with Gasteiger partial charge in [0.05, 0.1) is 10.0 Å². The summed E-state index contributed by atoms with van der Waals surface area (Å²) in [5, 5.41) is 10.9. The van der Waals surface area contributed by atoms with Crippen LogP contribution in [-0.4, -0.2) is 32.2 Å². The summed E-state index contributed by atoms with van der Waals surface area (Å²) >= 11 is 12.1. The molecule has 8 heteroatoms. The van der Waals surface area contributed by atoms with Gasteiger partial charge in [0.2, 0.25) is 0 Å². The largest absolute Gasteiger partial charge is 0.322 e. The van der Waals surface area contributed by atoms with Crippen LogP contribution in [0.2, 0.25) is 10.0 Å². The number of amides is 2. The summed E-state index contributed by atoms with van der Waals surface area (Å²) in [6, 6.07) is 12.6. The molecule has 146 valence electrons. The lowest BCUT2D eigenvalue weighted by Crippen LogP contribution is -2.39. The highest BCUT2D eigenvalue weighted by molar-refractivity contribution is 6.42. The van der Waals surface area contributed by atoms with Crippen LogP contribution in [0, 0.1) is 6.92 Å². The van der Waals surface area contributed by atoms with Gasteiger partial charge in [-0.3, -0.25) is 5.10 Å². The fourth-order valence-electron chi connectivity index (χ4n) is 2.73. The molecule has 2 N–H and O–H groups in total. The van der Waals surface area contributed by atoms with Crippen LogP contribution in [0.5, 0.6) is 0 Å². The van der Waals surface area contributed by atoms with E-state index in [1.165, 1.54) is 0 Å². The summed E-state index contributed by atoms with van der Waals surface area (Å²) < 4.78 is 0. The van der Waals surface area contributed by atoms with E-state index in [9.17, 15) is 4.79 Å². The molecule has 0 radical (unpaired) electrons. The molecule has 1 aromatic heterocycles. The van der Waals surface area contributed by atoms with Crippen molar-refractivity contribution in [1.82, 2.24) is 20.1 Å². The Morgan fingerprint density at radius 1 is 1.18 bits per heavy atom. The van der Waals surface area contributed by atoms with Crippen molar-refractivity contribution in [3.05, 3.63) is 63.9 Å². The van der Waals surface area contributed by atoms with E-state index in [0.717, 1.165) is 17.0 Å². The lowest BCUT2D eigenvalue weighted by Gasteiger charge is -2.27. The highest BCUT2D eigenvalue weighted by Gasteiger charge is 2.18. The summed E-state index contributed by atoms with van der Waals surface area (Å²) in [6.45, 7) is 6.18. The van der Waals surface area contributed by atoms with Crippen LogP contribution in [0.25, 0.3) is 11.4 Å². The van der Waals surface area contributed by atoms with E-state index in [4.69, 9.17) is 23.2 Å². The zero-order valence-electron chi connectivity index (χ0n) is 15.8. The minimum absolute atomic E-state index is 0.00621. The zero-order chi connectivity index (χ0) is 20.3. The van der Waals surface area contributed by atoms with Gasteiger partial charge in [-0.15, -0.1) is 0 Å². The van der Waals surface area contributed by atoms with E-state index in [1.807, 2.05) is 51.1 Å². The molecule has 0 bridgehead atoms. The maximum absolute atomic E-state index is 12.9. The first kappa shape index (κ1) is 20.2. The van der Waals surface area contributed by atoms with Gasteiger partial charge in [-0.25, -0.2) is 9.78 Å². The maximum Gasteiger partial charge on any atom is 0.322 e. The van der Waals surface area contributed by atoms with Crippen LogP contribution in [0.1, 0.15) is 25.2 Å². The van der Waals surface area contributed by atoms with Gasteiger partial charge in [-0.05, 0) is 50.6 Å². The van der Waals surface area contributed by atoms with E-state index >= 15 is 0 Å². The minimum Gasteiger partial charge on any atom is -0.318 e. The number of hydrogen-bond donors (Lipinski definition) is 2. The number of aromatic nitrogens is 3. The third kappa shape index (κ3) is 4.82. The van der Waals surface area contributed by atoms with Gasteiger partial charge in [0, 0.05) is 23.8 Å². The molecule has 0 aliphatic carbocycles. The number of carbonyl (C=O) groups is 1. The molecule has 0 aliphatic rings. The van der Waals surface area contributed by atoms with Crippen LogP contribution in [-0.2, 0) is 6.54 Å². The average Bonchev–Trinajstić information content (AvgIpc) is 3.09. The molecular weight excluding hydrogens is 397 g/mol. The molecule has 0 saturated heterocycles. The molecule has 6 nitrogen and oxygen atoms in total. The van der Waals surface area contributed by atoms with Crippen LogP contribution >= 0.6 is 23.2 Å². The number of nitrogens with one attached hydrogen (secondary N) is 2. The van der Waals surface area contributed by atoms with Crippen LogP contribution < -0.4 is 5.32 Å². The molecule has 0 unspecified atom stereocenters. The molecule has 28 heavy (non-hydrogen) atoms. The molecule has 3 aromatic rings. The van der Waals surface area contributed by atoms with Gasteiger partial charge in [-0.1, -0.05) is 41.4 Å². The molecule has 2 amide bonds. The SMILES string of the molecule is Cc1nc(-c2cccc(NC(=O)N(Cc3ccc(Cl)c(Cl)c3)C(C)C)c2)n[nH]1.